The van der Waals surface area contributed by atoms with Crippen LogP contribution in [0.15, 0.2) is 24.3 Å². The van der Waals surface area contributed by atoms with Gasteiger partial charge in [0.25, 0.3) is 0 Å². The second kappa shape index (κ2) is 6.61. The van der Waals surface area contributed by atoms with Crippen LogP contribution >= 0.6 is 12.2 Å². The van der Waals surface area contributed by atoms with E-state index in [0.717, 1.165) is 12.1 Å². The van der Waals surface area contributed by atoms with Crippen LogP contribution in [0.4, 0.5) is 8.78 Å². The van der Waals surface area contributed by atoms with Crippen LogP contribution in [0.2, 0.25) is 0 Å². The van der Waals surface area contributed by atoms with Crippen molar-refractivity contribution in [1.82, 2.24) is 20.1 Å². The molecule has 0 aliphatic heterocycles. The van der Waals surface area contributed by atoms with E-state index in [4.69, 9.17) is 12.2 Å². The van der Waals surface area contributed by atoms with Crippen molar-refractivity contribution in [2.75, 3.05) is 0 Å². The lowest BCUT2D eigenvalue weighted by Gasteiger charge is -2.05. The highest BCUT2D eigenvalue weighted by atomic mass is 32.1. The summed E-state index contributed by atoms with van der Waals surface area (Å²) in [5.41, 5.74) is 0.570. The van der Waals surface area contributed by atoms with E-state index in [1.54, 1.807) is 18.5 Å². The summed E-state index contributed by atoms with van der Waals surface area (Å²) < 4.78 is 28.6. The number of rotatable bonds is 4. The molecule has 1 aromatic carbocycles. The van der Waals surface area contributed by atoms with Gasteiger partial charge in [-0.2, -0.15) is 5.10 Å². The molecular formula is C14H14F2N4OS. The standard InChI is InChI=1S/C14H14F2N4OS/c1-8(10-4-3-9(15)6-11(10)16)5-13(21)17-7-12-18-19-14(22)20(12)2/h3-6H,7H2,1-2H3,(H,17,21)(H,19,22)/b8-5-. The number of nitrogens with zero attached hydrogens (tertiary/aromatic N) is 2. The largest absolute Gasteiger partial charge is 0.345 e. The van der Waals surface area contributed by atoms with Gasteiger partial charge in [-0.15, -0.1) is 0 Å². The van der Waals surface area contributed by atoms with Gasteiger partial charge in [0.15, 0.2) is 10.6 Å². The molecule has 0 saturated heterocycles. The maximum Gasteiger partial charge on any atom is 0.244 e. The number of halogens is 2. The Morgan fingerprint density at radius 3 is 2.82 bits per heavy atom. The molecule has 0 saturated carbocycles. The monoisotopic (exact) mass is 324 g/mol. The SMILES string of the molecule is C/C(=C/C(=O)NCc1n[nH]c(=S)n1C)c1ccc(F)cc1F. The van der Waals surface area contributed by atoms with Crippen molar-refractivity contribution in [2.24, 2.45) is 7.05 Å². The molecule has 1 aromatic heterocycles. The van der Waals surface area contributed by atoms with Crippen LogP contribution < -0.4 is 5.32 Å². The van der Waals surface area contributed by atoms with Gasteiger partial charge in [0.05, 0.1) is 6.54 Å². The Morgan fingerprint density at radius 1 is 1.50 bits per heavy atom. The Bertz CT molecular complexity index is 794. The van der Waals surface area contributed by atoms with Crippen molar-refractivity contribution < 1.29 is 13.6 Å². The summed E-state index contributed by atoms with van der Waals surface area (Å²) in [5, 5.41) is 9.18. The van der Waals surface area contributed by atoms with Crippen molar-refractivity contribution in [3.8, 4) is 0 Å². The third-order valence-corrected chi connectivity index (χ3v) is 3.46. The molecule has 1 heterocycles. The fourth-order valence-corrected chi connectivity index (χ4v) is 1.99. The third kappa shape index (κ3) is 3.64. The minimum atomic E-state index is -0.712. The lowest BCUT2D eigenvalue weighted by molar-refractivity contribution is -0.116. The summed E-state index contributed by atoms with van der Waals surface area (Å²) >= 11 is 4.96. The first-order valence-corrected chi connectivity index (χ1v) is 6.81. The van der Waals surface area contributed by atoms with Crippen molar-refractivity contribution >= 4 is 23.7 Å². The zero-order chi connectivity index (χ0) is 16.3. The summed E-state index contributed by atoms with van der Waals surface area (Å²) in [4.78, 5) is 11.8. The van der Waals surface area contributed by atoms with Gasteiger partial charge in [-0.3, -0.25) is 9.89 Å². The first-order chi connectivity index (χ1) is 10.4. The van der Waals surface area contributed by atoms with Crippen LogP contribution in [0.5, 0.6) is 0 Å². The van der Waals surface area contributed by atoms with Crippen LogP contribution in [0.1, 0.15) is 18.3 Å². The van der Waals surface area contributed by atoms with Crippen LogP contribution in [-0.4, -0.2) is 20.7 Å². The van der Waals surface area contributed by atoms with E-state index >= 15 is 0 Å². The van der Waals surface area contributed by atoms with E-state index in [-0.39, 0.29) is 12.1 Å². The fraction of sp³-hybridized carbons (Fsp3) is 0.214. The summed E-state index contributed by atoms with van der Waals surface area (Å²) in [6.07, 6.45) is 1.25. The molecule has 5 nitrogen and oxygen atoms in total. The minimum absolute atomic E-state index is 0.176. The third-order valence-electron chi connectivity index (χ3n) is 3.10. The summed E-state index contributed by atoms with van der Waals surface area (Å²) in [5.74, 6) is -1.22. The average Bonchev–Trinajstić information content (AvgIpc) is 2.76. The second-order valence-corrected chi connectivity index (χ2v) is 5.06. The average molecular weight is 324 g/mol. The molecule has 0 unspecified atom stereocenters. The quantitative estimate of drug-likeness (QED) is 0.671. The van der Waals surface area contributed by atoms with Crippen molar-refractivity contribution in [3.63, 3.8) is 0 Å². The minimum Gasteiger partial charge on any atom is -0.345 e. The summed E-state index contributed by atoms with van der Waals surface area (Å²) in [6.45, 7) is 1.75. The first kappa shape index (κ1) is 16.0. The van der Waals surface area contributed by atoms with Crippen molar-refractivity contribution in [3.05, 3.63) is 52.1 Å². The van der Waals surface area contributed by atoms with E-state index < -0.39 is 17.5 Å². The van der Waals surface area contributed by atoms with Crippen LogP contribution in [0, 0.1) is 16.4 Å². The molecule has 8 heteroatoms. The molecule has 0 aliphatic carbocycles. The first-order valence-electron chi connectivity index (χ1n) is 6.40. The molecule has 116 valence electrons. The lowest BCUT2D eigenvalue weighted by Crippen LogP contribution is -2.22. The van der Waals surface area contributed by atoms with E-state index in [1.165, 1.54) is 12.1 Å². The predicted octanol–water partition coefficient (Wildman–Crippen LogP) is 2.48. The van der Waals surface area contributed by atoms with Crippen LogP contribution in [-0.2, 0) is 18.4 Å². The van der Waals surface area contributed by atoms with E-state index in [1.807, 2.05) is 0 Å². The normalized spacial score (nSPS) is 11.5. The van der Waals surface area contributed by atoms with Crippen molar-refractivity contribution in [1.29, 1.82) is 0 Å². The highest BCUT2D eigenvalue weighted by Crippen LogP contribution is 2.18. The van der Waals surface area contributed by atoms with E-state index in [0.29, 0.717) is 16.2 Å². The molecular weight excluding hydrogens is 310 g/mol. The maximum atomic E-state index is 13.6. The second-order valence-electron chi connectivity index (χ2n) is 4.67. The highest BCUT2D eigenvalue weighted by molar-refractivity contribution is 7.71. The summed E-state index contributed by atoms with van der Waals surface area (Å²) in [6, 6.07) is 3.21. The van der Waals surface area contributed by atoms with Gasteiger partial charge < -0.3 is 9.88 Å². The van der Waals surface area contributed by atoms with Crippen LogP contribution in [0.25, 0.3) is 5.57 Å². The molecule has 0 atom stereocenters. The molecule has 0 radical (unpaired) electrons. The molecule has 2 N–H and O–H groups in total. The number of hydrogen-bond acceptors (Lipinski definition) is 3. The Hall–Kier alpha value is -2.35. The maximum absolute atomic E-state index is 13.6. The highest BCUT2D eigenvalue weighted by Gasteiger charge is 2.08. The molecule has 2 rings (SSSR count). The molecule has 0 fully saturated rings. The van der Waals surface area contributed by atoms with Gasteiger partial charge in [-0.05, 0) is 36.8 Å². The van der Waals surface area contributed by atoms with Gasteiger partial charge >= 0.3 is 0 Å². The number of aromatic amines is 1. The van der Waals surface area contributed by atoms with Crippen molar-refractivity contribution in [2.45, 2.75) is 13.5 Å². The Labute approximate surface area is 130 Å². The molecule has 0 bridgehead atoms. The molecule has 0 aliphatic rings. The zero-order valence-electron chi connectivity index (χ0n) is 12.0. The number of allylic oxidation sites excluding steroid dienone is 1. The zero-order valence-corrected chi connectivity index (χ0v) is 12.8. The molecule has 0 spiro atoms. The Morgan fingerprint density at radius 2 is 2.23 bits per heavy atom. The topological polar surface area (TPSA) is 62.7 Å². The Balaban J connectivity index is 2.06. The fourth-order valence-electron chi connectivity index (χ4n) is 1.84. The van der Waals surface area contributed by atoms with Crippen LogP contribution in [0.3, 0.4) is 0 Å². The number of carbonyl (C=O) groups excluding carboxylic acids is 1. The molecule has 2 aromatic rings. The number of carbonyl (C=O) groups is 1. The molecule has 22 heavy (non-hydrogen) atoms. The van der Waals surface area contributed by atoms with E-state index in [9.17, 15) is 13.6 Å². The summed E-state index contributed by atoms with van der Waals surface area (Å²) in [7, 11) is 1.72. The smallest absolute Gasteiger partial charge is 0.244 e. The van der Waals surface area contributed by atoms with Gasteiger partial charge in [-0.25, -0.2) is 8.78 Å². The number of hydrogen-bond donors (Lipinski definition) is 2. The number of aromatic nitrogens is 3. The van der Waals surface area contributed by atoms with Gasteiger partial charge in [0, 0.05) is 24.8 Å². The van der Waals surface area contributed by atoms with Gasteiger partial charge in [-0.1, -0.05) is 0 Å². The number of amides is 1. The molecule has 1 amide bonds. The Kier molecular flexibility index (Phi) is 4.81. The lowest BCUT2D eigenvalue weighted by atomic mass is 10.1. The number of benzene rings is 1. The van der Waals surface area contributed by atoms with Gasteiger partial charge in [0.2, 0.25) is 5.91 Å². The number of nitrogens with one attached hydrogen (secondary N) is 2. The van der Waals surface area contributed by atoms with Gasteiger partial charge in [0.1, 0.15) is 11.6 Å². The number of H-pyrrole nitrogens is 1. The van der Waals surface area contributed by atoms with E-state index in [2.05, 4.69) is 15.5 Å². The predicted molar refractivity (Wildman–Crippen MR) is 80.2 cm³/mol.